The van der Waals surface area contributed by atoms with Crippen molar-refractivity contribution in [2.24, 2.45) is 5.92 Å². The molecule has 1 unspecified atom stereocenters. The van der Waals surface area contributed by atoms with Gasteiger partial charge in [-0.25, -0.2) is 0 Å². The fourth-order valence-electron chi connectivity index (χ4n) is 1.46. The van der Waals surface area contributed by atoms with E-state index in [1.807, 2.05) is 26.8 Å². The summed E-state index contributed by atoms with van der Waals surface area (Å²) >= 11 is 0. The molecule has 0 aliphatic carbocycles. The van der Waals surface area contributed by atoms with Crippen LogP contribution in [0.25, 0.3) is 0 Å². The Hall–Kier alpha value is -1.83. The topological polar surface area (TPSA) is 70.7 Å². The van der Waals surface area contributed by atoms with Gasteiger partial charge in [0.15, 0.2) is 0 Å². The molecule has 0 radical (unpaired) electrons. The van der Waals surface area contributed by atoms with E-state index in [0.29, 0.717) is 12.1 Å². The molecule has 1 rings (SSSR count). The highest BCUT2D eigenvalue weighted by Crippen LogP contribution is 2.13. The highest BCUT2D eigenvalue weighted by Gasteiger charge is 2.17. The number of nitrogens with zero attached hydrogens (tertiary/aromatic N) is 3. The van der Waals surface area contributed by atoms with Crippen molar-refractivity contribution >= 4 is 11.6 Å². The van der Waals surface area contributed by atoms with Crippen LogP contribution in [0.15, 0.2) is 12.4 Å². The zero-order chi connectivity index (χ0) is 12.8. The number of carbonyl (C=O) groups excluding carboxylic acids is 1. The molecule has 1 atom stereocenters. The van der Waals surface area contributed by atoms with Gasteiger partial charge in [0.25, 0.3) is 0 Å². The van der Waals surface area contributed by atoms with Gasteiger partial charge in [0.1, 0.15) is 5.92 Å². The van der Waals surface area contributed by atoms with Gasteiger partial charge in [0, 0.05) is 12.2 Å². The number of nitrogens with one attached hydrogen (secondary N) is 1. The van der Waals surface area contributed by atoms with Gasteiger partial charge in [-0.2, -0.15) is 10.4 Å². The molecule has 0 fully saturated rings. The van der Waals surface area contributed by atoms with E-state index in [0.717, 1.165) is 6.42 Å². The van der Waals surface area contributed by atoms with Gasteiger partial charge >= 0.3 is 0 Å². The maximum Gasteiger partial charge on any atom is 0.241 e. The van der Waals surface area contributed by atoms with Crippen molar-refractivity contribution in [2.75, 3.05) is 5.32 Å². The van der Waals surface area contributed by atoms with Gasteiger partial charge in [0.2, 0.25) is 5.91 Å². The van der Waals surface area contributed by atoms with E-state index in [1.165, 1.54) is 0 Å². The number of carbonyl (C=O) groups is 1. The molecule has 92 valence electrons. The van der Waals surface area contributed by atoms with E-state index >= 15 is 0 Å². The lowest BCUT2D eigenvalue weighted by molar-refractivity contribution is -0.118. The normalized spacial score (nSPS) is 12.2. The Bertz CT molecular complexity index is 416. The molecule has 0 aliphatic heterocycles. The number of anilines is 1. The third kappa shape index (κ3) is 3.59. The molecule has 0 aromatic carbocycles. The molecule has 17 heavy (non-hydrogen) atoms. The zero-order valence-electron chi connectivity index (χ0n) is 10.5. The van der Waals surface area contributed by atoms with Crippen molar-refractivity contribution in [3.05, 3.63) is 12.4 Å². The minimum Gasteiger partial charge on any atom is -0.322 e. The lowest BCUT2D eigenvalue weighted by atomic mass is 10.1. The SMILES string of the molecule is CCCC(C#N)C(=O)Nc1cnn(C(C)C)c1. The molecule has 1 heterocycles. The largest absolute Gasteiger partial charge is 0.322 e. The second-order valence-corrected chi connectivity index (χ2v) is 4.26. The predicted octanol–water partition coefficient (Wildman–Crippen LogP) is 2.34. The average molecular weight is 234 g/mol. The van der Waals surface area contributed by atoms with Crippen LogP contribution in [0, 0.1) is 17.2 Å². The lowest BCUT2D eigenvalue weighted by Crippen LogP contribution is -2.21. The van der Waals surface area contributed by atoms with Gasteiger partial charge in [-0.05, 0) is 20.3 Å². The Labute approximate surface area is 101 Å². The first kappa shape index (κ1) is 13.2. The summed E-state index contributed by atoms with van der Waals surface area (Å²) < 4.78 is 1.76. The van der Waals surface area contributed by atoms with Crippen LogP contribution in [0.4, 0.5) is 5.69 Å². The molecule has 0 saturated heterocycles. The third-order valence-electron chi connectivity index (χ3n) is 2.45. The number of aromatic nitrogens is 2. The second-order valence-electron chi connectivity index (χ2n) is 4.26. The summed E-state index contributed by atoms with van der Waals surface area (Å²) in [6.45, 7) is 5.97. The number of hydrogen-bond donors (Lipinski definition) is 1. The van der Waals surface area contributed by atoms with Gasteiger partial charge in [-0.3, -0.25) is 9.48 Å². The van der Waals surface area contributed by atoms with Crippen molar-refractivity contribution < 1.29 is 4.79 Å². The maximum absolute atomic E-state index is 11.7. The van der Waals surface area contributed by atoms with Gasteiger partial charge in [-0.15, -0.1) is 0 Å². The highest BCUT2D eigenvalue weighted by molar-refractivity contribution is 5.93. The van der Waals surface area contributed by atoms with Gasteiger partial charge < -0.3 is 5.32 Å². The standard InChI is InChI=1S/C12H18N4O/c1-4-5-10(6-13)12(17)15-11-7-14-16(8-11)9(2)3/h7-10H,4-5H2,1-3H3,(H,15,17). The first-order chi connectivity index (χ1) is 8.08. The monoisotopic (exact) mass is 234 g/mol. The van der Waals surface area contributed by atoms with E-state index in [2.05, 4.69) is 10.4 Å². The van der Waals surface area contributed by atoms with Crippen LogP contribution in [-0.2, 0) is 4.79 Å². The predicted molar refractivity (Wildman–Crippen MR) is 65.3 cm³/mol. The summed E-state index contributed by atoms with van der Waals surface area (Å²) in [5.41, 5.74) is 0.639. The Balaban J connectivity index is 2.64. The van der Waals surface area contributed by atoms with Crippen LogP contribution in [0.3, 0.4) is 0 Å². The van der Waals surface area contributed by atoms with E-state index in [9.17, 15) is 4.79 Å². The maximum atomic E-state index is 11.7. The van der Waals surface area contributed by atoms with Gasteiger partial charge in [-0.1, -0.05) is 13.3 Å². The van der Waals surface area contributed by atoms with Crippen molar-refractivity contribution in [3.63, 3.8) is 0 Å². The molecule has 0 bridgehead atoms. The van der Waals surface area contributed by atoms with Crippen LogP contribution in [0.1, 0.15) is 39.7 Å². The molecule has 5 nitrogen and oxygen atoms in total. The molecule has 0 spiro atoms. The molecular weight excluding hydrogens is 216 g/mol. The highest BCUT2D eigenvalue weighted by atomic mass is 16.1. The number of nitriles is 1. The fourth-order valence-corrected chi connectivity index (χ4v) is 1.46. The minimum atomic E-state index is -0.581. The van der Waals surface area contributed by atoms with E-state index in [1.54, 1.807) is 17.1 Å². The molecule has 1 N–H and O–H groups in total. The van der Waals surface area contributed by atoms with Crippen LogP contribution in [-0.4, -0.2) is 15.7 Å². The summed E-state index contributed by atoms with van der Waals surface area (Å²) in [6, 6.07) is 2.27. The molecule has 1 amide bonds. The van der Waals surface area contributed by atoms with Crippen LogP contribution in [0.5, 0.6) is 0 Å². The first-order valence-corrected chi connectivity index (χ1v) is 5.83. The van der Waals surface area contributed by atoms with E-state index in [-0.39, 0.29) is 11.9 Å². The molecular formula is C12H18N4O. The second kappa shape index (κ2) is 6.04. The van der Waals surface area contributed by atoms with Gasteiger partial charge in [0.05, 0.1) is 18.0 Å². The Morgan fingerprint density at radius 2 is 2.35 bits per heavy atom. The molecule has 1 aromatic heterocycles. The Morgan fingerprint density at radius 3 is 2.82 bits per heavy atom. The number of hydrogen-bond acceptors (Lipinski definition) is 3. The summed E-state index contributed by atoms with van der Waals surface area (Å²) in [5.74, 6) is -0.833. The van der Waals surface area contributed by atoms with Crippen molar-refractivity contribution in [3.8, 4) is 6.07 Å². The zero-order valence-corrected chi connectivity index (χ0v) is 10.5. The van der Waals surface area contributed by atoms with Crippen molar-refractivity contribution in [1.82, 2.24) is 9.78 Å². The smallest absolute Gasteiger partial charge is 0.241 e. The summed E-state index contributed by atoms with van der Waals surface area (Å²) in [7, 11) is 0. The number of rotatable bonds is 5. The summed E-state index contributed by atoms with van der Waals surface area (Å²) in [6.07, 6.45) is 4.76. The lowest BCUT2D eigenvalue weighted by Gasteiger charge is -2.07. The first-order valence-electron chi connectivity index (χ1n) is 5.83. The minimum absolute atomic E-state index is 0.252. The molecule has 0 saturated carbocycles. The molecule has 0 aliphatic rings. The Kier molecular flexibility index (Phi) is 4.70. The van der Waals surface area contributed by atoms with E-state index in [4.69, 9.17) is 5.26 Å². The van der Waals surface area contributed by atoms with Crippen LogP contribution in [0.2, 0.25) is 0 Å². The summed E-state index contributed by atoms with van der Waals surface area (Å²) in [4.78, 5) is 11.7. The van der Waals surface area contributed by atoms with Crippen LogP contribution < -0.4 is 5.32 Å². The van der Waals surface area contributed by atoms with Crippen molar-refractivity contribution in [2.45, 2.75) is 39.7 Å². The quantitative estimate of drug-likeness (QED) is 0.850. The molecule has 1 aromatic rings. The molecule has 5 heteroatoms. The summed E-state index contributed by atoms with van der Waals surface area (Å²) in [5, 5.41) is 15.7. The third-order valence-corrected chi connectivity index (χ3v) is 2.45. The van der Waals surface area contributed by atoms with Crippen LogP contribution >= 0.6 is 0 Å². The van der Waals surface area contributed by atoms with E-state index < -0.39 is 5.92 Å². The van der Waals surface area contributed by atoms with Crippen molar-refractivity contribution in [1.29, 1.82) is 5.26 Å². The fraction of sp³-hybridized carbons (Fsp3) is 0.583. The Morgan fingerprint density at radius 1 is 1.65 bits per heavy atom. The number of amides is 1. The average Bonchev–Trinajstić information content (AvgIpc) is 2.74.